The molecule has 2 aromatic heterocycles. The Morgan fingerprint density at radius 2 is 1.71 bits per heavy atom. The molecule has 9 heteroatoms. The Kier molecular flexibility index (Phi) is 6.03. The summed E-state index contributed by atoms with van der Waals surface area (Å²) < 4.78 is 1.20. The normalized spacial score (nSPS) is 9.71. The minimum absolute atomic E-state index is 0.0562. The van der Waals surface area contributed by atoms with E-state index in [-0.39, 0.29) is 27.6 Å². The molecule has 0 bridgehead atoms. The molecule has 112 valence electrons. The molecule has 2 aromatic rings. The molecule has 0 spiro atoms. The number of H-pyrrole nitrogens is 2. The standard InChI is InChI=1S/C6H5BrN2O3.C6H6BrNO/c1-3(10)5-2-4(7)6(8-5)9(11)12;1-4(9)6-2-5(7)3-8-6/h2,8H,1H3;2-3,8H,1H3. The van der Waals surface area contributed by atoms with Crippen molar-refractivity contribution in [2.45, 2.75) is 13.8 Å². The Bertz CT molecular complexity index is 690. The minimum Gasteiger partial charge on any atom is -0.358 e. The first-order valence-corrected chi connectivity index (χ1v) is 7.19. The molecular formula is C12H11Br2N3O4. The van der Waals surface area contributed by atoms with Gasteiger partial charge in [-0.2, -0.15) is 0 Å². The van der Waals surface area contributed by atoms with Crippen LogP contribution in [0.2, 0.25) is 0 Å². The SMILES string of the molecule is CC(=O)c1cc(Br)c([N+](=O)[O-])[nH]1.CC(=O)c1cc(Br)c[nH]1. The maximum absolute atomic E-state index is 10.8. The molecule has 0 atom stereocenters. The van der Waals surface area contributed by atoms with E-state index in [0.29, 0.717) is 5.69 Å². The number of rotatable bonds is 3. The summed E-state index contributed by atoms with van der Waals surface area (Å²) in [5.74, 6) is -0.371. The summed E-state index contributed by atoms with van der Waals surface area (Å²) in [4.78, 5) is 36.3. The smallest absolute Gasteiger partial charge is 0.335 e. The predicted molar refractivity (Wildman–Crippen MR) is 83.6 cm³/mol. The van der Waals surface area contributed by atoms with Crippen LogP contribution >= 0.6 is 31.9 Å². The maximum atomic E-state index is 10.8. The van der Waals surface area contributed by atoms with Gasteiger partial charge in [-0.1, -0.05) is 0 Å². The van der Waals surface area contributed by atoms with Gasteiger partial charge in [0.1, 0.15) is 4.47 Å². The highest BCUT2D eigenvalue weighted by molar-refractivity contribution is 9.10. The second-order valence-corrected chi connectivity index (χ2v) is 5.75. The third-order valence-corrected chi connectivity index (χ3v) is 3.40. The van der Waals surface area contributed by atoms with Gasteiger partial charge in [-0.15, -0.1) is 0 Å². The molecule has 2 N–H and O–H groups in total. The van der Waals surface area contributed by atoms with Crippen LogP contribution in [0, 0.1) is 10.1 Å². The van der Waals surface area contributed by atoms with E-state index in [1.54, 1.807) is 12.3 Å². The Balaban J connectivity index is 0.000000219. The lowest BCUT2D eigenvalue weighted by atomic mass is 10.3. The van der Waals surface area contributed by atoms with E-state index in [1.807, 2.05) is 0 Å². The van der Waals surface area contributed by atoms with Crippen molar-refractivity contribution in [3.63, 3.8) is 0 Å². The van der Waals surface area contributed by atoms with Gasteiger partial charge in [-0.05, 0) is 42.8 Å². The molecule has 2 heterocycles. The van der Waals surface area contributed by atoms with Crippen LogP contribution in [-0.2, 0) is 0 Å². The molecule has 0 aliphatic heterocycles. The largest absolute Gasteiger partial charge is 0.358 e. The van der Waals surface area contributed by atoms with Gasteiger partial charge in [0.05, 0.1) is 5.69 Å². The first-order valence-electron chi connectivity index (χ1n) is 5.61. The van der Waals surface area contributed by atoms with Crippen LogP contribution in [0.1, 0.15) is 34.8 Å². The van der Waals surface area contributed by atoms with Gasteiger partial charge in [0.15, 0.2) is 17.3 Å². The molecule has 7 nitrogen and oxygen atoms in total. The first kappa shape index (κ1) is 17.3. The van der Waals surface area contributed by atoms with Crippen LogP contribution in [0.5, 0.6) is 0 Å². The van der Waals surface area contributed by atoms with Crippen molar-refractivity contribution >= 4 is 49.2 Å². The number of nitro groups is 1. The lowest BCUT2D eigenvalue weighted by Crippen LogP contribution is -1.93. The molecular weight excluding hydrogens is 410 g/mol. The number of aromatic amines is 2. The number of hydrogen-bond donors (Lipinski definition) is 2. The van der Waals surface area contributed by atoms with Gasteiger partial charge in [0, 0.05) is 30.6 Å². The van der Waals surface area contributed by atoms with Crippen molar-refractivity contribution < 1.29 is 14.5 Å². The fraction of sp³-hybridized carbons (Fsp3) is 0.167. The highest BCUT2D eigenvalue weighted by Gasteiger charge is 2.17. The number of hydrogen-bond acceptors (Lipinski definition) is 4. The Morgan fingerprint density at radius 1 is 1.14 bits per heavy atom. The number of carbonyl (C=O) groups excluding carboxylic acids is 2. The summed E-state index contributed by atoms with van der Waals surface area (Å²) in [5, 5.41) is 10.3. The second kappa shape index (κ2) is 7.32. The molecule has 21 heavy (non-hydrogen) atoms. The van der Waals surface area contributed by atoms with Crippen LogP contribution in [0.4, 0.5) is 5.82 Å². The van der Waals surface area contributed by atoms with Gasteiger partial charge < -0.3 is 15.1 Å². The highest BCUT2D eigenvalue weighted by Crippen LogP contribution is 2.24. The lowest BCUT2D eigenvalue weighted by molar-refractivity contribution is -0.390. The van der Waals surface area contributed by atoms with Gasteiger partial charge in [-0.25, -0.2) is 4.98 Å². The Morgan fingerprint density at radius 3 is 1.95 bits per heavy atom. The van der Waals surface area contributed by atoms with E-state index in [9.17, 15) is 19.7 Å². The van der Waals surface area contributed by atoms with Gasteiger partial charge >= 0.3 is 5.82 Å². The Labute approximate surface area is 136 Å². The molecule has 0 saturated heterocycles. The van der Waals surface area contributed by atoms with Crippen molar-refractivity contribution in [2.24, 2.45) is 0 Å². The molecule has 0 fully saturated rings. The monoisotopic (exact) mass is 419 g/mol. The van der Waals surface area contributed by atoms with E-state index in [2.05, 4.69) is 41.8 Å². The third kappa shape index (κ3) is 4.94. The summed E-state index contributed by atoms with van der Waals surface area (Å²) in [6.07, 6.45) is 1.73. The molecule has 2 rings (SSSR count). The lowest BCUT2D eigenvalue weighted by Gasteiger charge is -1.88. The van der Waals surface area contributed by atoms with Crippen LogP contribution in [0.3, 0.4) is 0 Å². The zero-order valence-electron chi connectivity index (χ0n) is 11.1. The van der Waals surface area contributed by atoms with E-state index < -0.39 is 4.92 Å². The van der Waals surface area contributed by atoms with Crippen molar-refractivity contribution in [1.82, 2.24) is 9.97 Å². The summed E-state index contributed by atoms with van der Waals surface area (Å²) in [7, 11) is 0. The average molecular weight is 421 g/mol. The highest BCUT2D eigenvalue weighted by atomic mass is 79.9. The number of nitrogens with one attached hydrogen (secondary N) is 2. The van der Waals surface area contributed by atoms with Crippen LogP contribution in [-0.4, -0.2) is 26.5 Å². The van der Waals surface area contributed by atoms with Crippen molar-refractivity contribution in [1.29, 1.82) is 0 Å². The first-order chi connectivity index (χ1) is 9.72. The number of aromatic nitrogens is 2. The fourth-order valence-electron chi connectivity index (χ4n) is 1.31. The number of ketones is 2. The van der Waals surface area contributed by atoms with Gasteiger partial charge in [0.25, 0.3) is 0 Å². The number of halogens is 2. The number of nitrogens with zero attached hydrogens (tertiary/aromatic N) is 1. The summed E-state index contributed by atoms with van der Waals surface area (Å²) in [6.45, 7) is 2.86. The predicted octanol–water partition coefficient (Wildman–Crippen LogP) is 3.87. The second-order valence-electron chi connectivity index (χ2n) is 3.98. The number of carbonyl (C=O) groups is 2. The number of Topliss-reactive ketones (excluding diaryl/α,β-unsaturated/α-hetero) is 2. The molecule has 0 aromatic carbocycles. The topological polar surface area (TPSA) is 109 Å². The van der Waals surface area contributed by atoms with E-state index in [0.717, 1.165) is 4.47 Å². The molecule has 0 aliphatic carbocycles. The quantitative estimate of drug-likeness (QED) is 0.446. The van der Waals surface area contributed by atoms with Crippen LogP contribution < -0.4 is 0 Å². The van der Waals surface area contributed by atoms with Crippen molar-refractivity contribution in [2.75, 3.05) is 0 Å². The summed E-state index contributed by atoms with van der Waals surface area (Å²) >= 11 is 6.18. The Hall–Kier alpha value is -1.74. The van der Waals surface area contributed by atoms with Crippen molar-refractivity contribution in [3.8, 4) is 0 Å². The van der Waals surface area contributed by atoms with Crippen LogP contribution in [0.15, 0.2) is 27.3 Å². The van der Waals surface area contributed by atoms with Crippen molar-refractivity contribution in [3.05, 3.63) is 48.8 Å². The molecule has 0 radical (unpaired) electrons. The minimum atomic E-state index is -0.587. The van der Waals surface area contributed by atoms with Crippen LogP contribution in [0.25, 0.3) is 0 Å². The summed E-state index contributed by atoms with van der Waals surface area (Å²) in [5.41, 5.74) is 0.871. The molecule has 0 aliphatic rings. The molecule has 0 saturated carbocycles. The zero-order valence-corrected chi connectivity index (χ0v) is 14.2. The molecule has 0 unspecified atom stereocenters. The van der Waals surface area contributed by atoms with E-state index in [4.69, 9.17) is 0 Å². The third-order valence-electron chi connectivity index (χ3n) is 2.34. The van der Waals surface area contributed by atoms with E-state index >= 15 is 0 Å². The molecule has 0 amide bonds. The summed E-state index contributed by atoms with van der Waals surface area (Å²) in [6, 6.07) is 3.14. The average Bonchev–Trinajstić information content (AvgIpc) is 2.96. The van der Waals surface area contributed by atoms with E-state index in [1.165, 1.54) is 19.9 Å². The van der Waals surface area contributed by atoms with Gasteiger partial charge in [-0.3, -0.25) is 9.59 Å². The van der Waals surface area contributed by atoms with Gasteiger partial charge in [0.2, 0.25) is 0 Å². The fourth-order valence-corrected chi connectivity index (χ4v) is 2.13. The zero-order chi connectivity index (χ0) is 16.2. The maximum Gasteiger partial charge on any atom is 0.335 e.